The van der Waals surface area contributed by atoms with Gasteiger partial charge in [-0.25, -0.2) is 0 Å². The van der Waals surface area contributed by atoms with Gasteiger partial charge in [0.2, 0.25) is 0 Å². The monoisotopic (exact) mass is 336 g/mol. The van der Waals surface area contributed by atoms with Crippen LogP contribution in [0.25, 0.3) is 0 Å². The number of amides is 1. The van der Waals surface area contributed by atoms with E-state index in [2.05, 4.69) is 24.2 Å². The van der Waals surface area contributed by atoms with Crippen molar-refractivity contribution in [2.45, 2.75) is 73.8 Å². The van der Waals surface area contributed by atoms with Crippen LogP contribution in [-0.4, -0.2) is 37.0 Å². The molecule has 3 heteroatoms. The molecule has 3 nitrogen and oxygen atoms in total. The average molecular weight is 337 g/mol. The molecule has 1 fully saturated rings. The van der Waals surface area contributed by atoms with E-state index in [1.54, 1.807) is 0 Å². The Morgan fingerprint density at radius 1 is 1.04 bits per heavy atom. The summed E-state index contributed by atoms with van der Waals surface area (Å²) in [6.45, 7) is 16.2. The van der Waals surface area contributed by atoms with Crippen molar-refractivity contribution in [2.24, 2.45) is 0 Å². The summed E-state index contributed by atoms with van der Waals surface area (Å²) in [5.41, 5.74) is 1.96. The number of hydrogen-bond donors (Lipinski definition) is 1. The molecule has 1 N–H and O–H groups in total. The molecule has 1 aliphatic heterocycles. The van der Waals surface area contributed by atoms with Crippen molar-refractivity contribution in [3.63, 3.8) is 0 Å². The van der Waals surface area contributed by atoms with E-state index < -0.39 is 0 Å². The lowest BCUT2D eigenvalue weighted by Crippen LogP contribution is -2.43. The van der Waals surface area contributed by atoms with Crippen LogP contribution in [-0.2, 0) is 6.42 Å². The van der Waals surface area contributed by atoms with Crippen molar-refractivity contribution in [3.05, 3.63) is 35.4 Å². The number of hydrogen-bond acceptors (Lipinski definition) is 2. The molecule has 24 heavy (non-hydrogen) atoms. The van der Waals surface area contributed by atoms with E-state index in [-0.39, 0.29) is 5.91 Å². The highest BCUT2D eigenvalue weighted by Gasteiger charge is 2.19. The largest absolute Gasteiger partial charge is 0.349 e. The van der Waals surface area contributed by atoms with E-state index >= 15 is 0 Å². The summed E-state index contributed by atoms with van der Waals surface area (Å²) in [4.78, 5) is 14.6. The van der Waals surface area contributed by atoms with Crippen LogP contribution >= 0.6 is 0 Å². The maximum Gasteiger partial charge on any atom is 0.251 e. The first kappa shape index (κ1) is 24.9. The number of nitrogens with zero attached hydrogens (tertiary/aromatic N) is 1. The molecule has 0 unspecified atom stereocenters. The summed E-state index contributed by atoms with van der Waals surface area (Å²) in [6, 6.07) is 8.21. The Morgan fingerprint density at radius 2 is 1.54 bits per heavy atom. The topological polar surface area (TPSA) is 32.3 Å². The average Bonchev–Trinajstić information content (AvgIpc) is 2.68. The molecular formula is C21H40N2O. The zero-order valence-corrected chi connectivity index (χ0v) is 17.3. The molecule has 1 aliphatic rings. The maximum absolute atomic E-state index is 12.2. The van der Waals surface area contributed by atoms with E-state index in [0.29, 0.717) is 6.04 Å². The van der Waals surface area contributed by atoms with Gasteiger partial charge in [-0.05, 0) is 51.0 Å². The normalized spacial score (nSPS) is 14.0. The molecule has 1 aromatic rings. The first-order chi connectivity index (χ1) is 11.7. The van der Waals surface area contributed by atoms with E-state index in [4.69, 9.17) is 0 Å². The highest BCUT2D eigenvalue weighted by Crippen LogP contribution is 2.12. The lowest BCUT2D eigenvalue weighted by molar-refractivity contribution is 0.0916. The molecule has 0 atom stereocenters. The molecule has 1 saturated heterocycles. The molecule has 0 saturated carbocycles. The van der Waals surface area contributed by atoms with Crippen LogP contribution in [0.15, 0.2) is 24.3 Å². The van der Waals surface area contributed by atoms with Crippen LogP contribution in [0.3, 0.4) is 0 Å². The quantitative estimate of drug-likeness (QED) is 0.827. The molecule has 140 valence electrons. The van der Waals surface area contributed by atoms with Crippen molar-refractivity contribution >= 4 is 5.91 Å². The highest BCUT2D eigenvalue weighted by atomic mass is 16.1. The Labute approximate surface area is 150 Å². The van der Waals surface area contributed by atoms with Gasteiger partial charge in [0.1, 0.15) is 0 Å². The second kappa shape index (κ2) is 16.5. The zero-order chi connectivity index (χ0) is 19.0. The summed E-state index contributed by atoms with van der Waals surface area (Å²) < 4.78 is 0. The minimum absolute atomic E-state index is 0.0852. The summed E-state index contributed by atoms with van der Waals surface area (Å²) in [6.07, 6.45) is 3.00. The smallest absolute Gasteiger partial charge is 0.251 e. The second-order valence-corrected chi connectivity index (χ2v) is 5.06. The first-order valence-electron chi connectivity index (χ1n) is 9.78. The number of carbonyl (C=O) groups is 1. The molecule has 1 amide bonds. The molecule has 1 aromatic carbocycles. The van der Waals surface area contributed by atoms with Gasteiger partial charge in [-0.15, -0.1) is 0 Å². The third kappa shape index (κ3) is 9.07. The summed E-state index contributed by atoms with van der Waals surface area (Å²) in [5, 5.41) is 3.16. The Kier molecular flexibility index (Phi) is 17.1. The van der Waals surface area contributed by atoms with Crippen LogP contribution in [0.1, 0.15) is 77.2 Å². The lowest BCUT2D eigenvalue weighted by Gasteiger charge is -2.29. The summed E-state index contributed by atoms with van der Waals surface area (Å²) in [7, 11) is 2.13. The lowest BCUT2D eigenvalue weighted by atomic mass is 10.0. The predicted molar refractivity (Wildman–Crippen MR) is 108 cm³/mol. The maximum atomic E-state index is 12.2. The van der Waals surface area contributed by atoms with Crippen LogP contribution in [0, 0.1) is 0 Å². The van der Waals surface area contributed by atoms with Crippen molar-refractivity contribution in [1.82, 2.24) is 10.2 Å². The van der Waals surface area contributed by atoms with Crippen LogP contribution in [0.4, 0.5) is 0 Å². The van der Waals surface area contributed by atoms with Gasteiger partial charge < -0.3 is 10.2 Å². The predicted octanol–water partition coefficient (Wildman–Crippen LogP) is 5.15. The third-order valence-electron chi connectivity index (χ3n) is 3.70. The van der Waals surface area contributed by atoms with Gasteiger partial charge in [-0.1, -0.05) is 66.7 Å². The van der Waals surface area contributed by atoms with Gasteiger partial charge in [0.05, 0.1) is 0 Å². The Morgan fingerprint density at radius 3 is 2.04 bits per heavy atom. The second-order valence-electron chi connectivity index (χ2n) is 5.06. The zero-order valence-electron chi connectivity index (χ0n) is 17.3. The summed E-state index contributed by atoms with van der Waals surface area (Å²) >= 11 is 0. The molecule has 0 spiro atoms. The number of nitrogens with one attached hydrogen (secondary N) is 1. The van der Waals surface area contributed by atoms with Crippen molar-refractivity contribution in [3.8, 4) is 0 Å². The fraction of sp³-hybridized carbons (Fsp3) is 0.667. The van der Waals surface area contributed by atoms with Crippen molar-refractivity contribution in [1.29, 1.82) is 0 Å². The van der Waals surface area contributed by atoms with Gasteiger partial charge >= 0.3 is 0 Å². The fourth-order valence-corrected chi connectivity index (χ4v) is 2.47. The van der Waals surface area contributed by atoms with Crippen molar-refractivity contribution in [2.75, 3.05) is 20.1 Å². The van der Waals surface area contributed by atoms with E-state index in [1.165, 1.54) is 0 Å². The van der Waals surface area contributed by atoms with Crippen LogP contribution in [0.5, 0.6) is 0 Å². The molecule has 0 aliphatic carbocycles. The standard InChI is InChI=1S/C15H22N2O.3C2H6/c1-3-12-6-4-5-7-14(12)15(18)16-13-8-10-17(2)11-9-13;3*1-2/h4-7,13H,3,8-11H2,1-2H3,(H,16,18);3*1-2H3. The number of rotatable bonds is 3. The van der Waals surface area contributed by atoms with Gasteiger partial charge in [0.15, 0.2) is 0 Å². The first-order valence-corrected chi connectivity index (χ1v) is 9.78. The van der Waals surface area contributed by atoms with Crippen LogP contribution < -0.4 is 5.32 Å². The number of aryl methyl sites for hydroxylation is 1. The van der Waals surface area contributed by atoms with Gasteiger partial charge in [-0.3, -0.25) is 4.79 Å². The molecular weight excluding hydrogens is 296 g/mol. The Bertz CT molecular complexity index is 410. The van der Waals surface area contributed by atoms with E-state index in [9.17, 15) is 4.79 Å². The minimum Gasteiger partial charge on any atom is -0.349 e. The van der Waals surface area contributed by atoms with Crippen molar-refractivity contribution < 1.29 is 4.79 Å². The van der Waals surface area contributed by atoms with E-state index in [1.807, 2.05) is 65.8 Å². The number of likely N-dealkylation sites (tertiary alicyclic amines) is 1. The Hall–Kier alpha value is -1.35. The third-order valence-corrected chi connectivity index (χ3v) is 3.70. The molecule has 2 rings (SSSR count). The minimum atomic E-state index is 0.0852. The van der Waals surface area contributed by atoms with Crippen LogP contribution in [0.2, 0.25) is 0 Å². The summed E-state index contributed by atoms with van der Waals surface area (Å²) in [5.74, 6) is 0.0852. The van der Waals surface area contributed by atoms with E-state index in [0.717, 1.165) is 43.5 Å². The molecule has 0 bridgehead atoms. The SMILES string of the molecule is CC.CC.CC.CCc1ccccc1C(=O)NC1CCN(C)CC1. The number of piperidine rings is 1. The number of benzene rings is 1. The molecule has 1 heterocycles. The van der Waals surface area contributed by atoms with Gasteiger partial charge in [0.25, 0.3) is 5.91 Å². The Balaban J connectivity index is 0. The molecule has 0 radical (unpaired) electrons. The van der Waals surface area contributed by atoms with Gasteiger partial charge in [0, 0.05) is 11.6 Å². The molecule has 0 aromatic heterocycles. The van der Waals surface area contributed by atoms with Gasteiger partial charge in [-0.2, -0.15) is 0 Å². The fourth-order valence-electron chi connectivity index (χ4n) is 2.47. The number of carbonyl (C=O) groups excluding carboxylic acids is 1. The highest BCUT2D eigenvalue weighted by molar-refractivity contribution is 5.95.